The molecule has 0 aliphatic heterocycles. The highest BCUT2D eigenvalue weighted by atomic mass is 35.5. The fraction of sp³-hybridized carbons (Fsp3) is 0.0455. The lowest BCUT2D eigenvalue weighted by Crippen LogP contribution is -2.06. The number of hydrogen-bond acceptors (Lipinski definition) is 3. The van der Waals surface area contributed by atoms with Gasteiger partial charge < -0.3 is 5.11 Å². The predicted molar refractivity (Wildman–Crippen MR) is 114 cm³/mol. The van der Waals surface area contributed by atoms with Crippen LogP contribution in [0.4, 0.5) is 8.78 Å². The average Bonchev–Trinajstić information content (AvgIpc) is 3.13. The van der Waals surface area contributed by atoms with Gasteiger partial charge in [-0.05, 0) is 49.4 Å². The highest BCUT2D eigenvalue weighted by Crippen LogP contribution is 2.36. The van der Waals surface area contributed by atoms with Crippen LogP contribution in [0, 0.1) is 18.6 Å². The fourth-order valence-electron chi connectivity index (χ4n) is 3.22. The number of carbonyl (C=O) groups is 1. The summed E-state index contributed by atoms with van der Waals surface area (Å²) in [5.74, 6) is -2.73. The van der Waals surface area contributed by atoms with Crippen molar-refractivity contribution in [3.63, 3.8) is 0 Å². The number of imidazole rings is 1. The molecule has 2 aromatic heterocycles. The fourth-order valence-corrected chi connectivity index (χ4v) is 3.57. The number of aromatic carboxylic acids is 1. The van der Waals surface area contributed by atoms with Gasteiger partial charge in [-0.15, -0.1) is 0 Å². The molecule has 0 spiro atoms. The van der Waals surface area contributed by atoms with Crippen LogP contribution in [-0.4, -0.2) is 25.6 Å². The molecule has 0 aliphatic carbocycles. The first kappa shape index (κ1) is 21.0. The molecule has 31 heavy (non-hydrogen) atoms. The summed E-state index contributed by atoms with van der Waals surface area (Å²) >= 11 is 11.9. The molecule has 0 saturated heterocycles. The molecule has 156 valence electrons. The first-order valence-electron chi connectivity index (χ1n) is 8.97. The molecular weight excluding hydrogens is 447 g/mol. The number of halogens is 4. The third-order valence-corrected chi connectivity index (χ3v) is 5.14. The molecule has 0 amide bonds. The van der Waals surface area contributed by atoms with Gasteiger partial charge in [-0.3, -0.25) is 4.57 Å². The van der Waals surface area contributed by atoms with Crippen molar-refractivity contribution < 1.29 is 18.7 Å². The Bertz CT molecular complexity index is 1340. The Morgan fingerprint density at radius 2 is 1.74 bits per heavy atom. The van der Waals surface area contributed by atoms with Crippen LogP contribution < -0.4 is 0 Å². The molecule has 9 heteroatoms. The number of carboxylic acid groups (broad SMARTS) is 1. The Morgan fingerprint density at radius 3 is 2.42 bits per heavy atom. The highest BCUT2D eigenvalue weighted by Gasteiger charge is 2.28. The van der Waals surface area contributed by atoms with Gasteiger partial charge in [0.05, 0.1) is 21.4 Å². The third-order valence-electron chi connectivity index (χ3n) is 4.56. The second-order valence-electron chi connectivity index (χ2n) is 6.64. The molecule has 4 aromatic rings. The predicted octanol–water partition coefficient (Wildman–Crippen LogP) is 6.19. The zero-order chi connectivity index (χ0) is 22.3. The van der Waals surface area contributed by atoms with E-state index in [0.29, 0.717) is 11.4 Å². The maximum Gasteiger partial charge on any atom is 0.356 e. The van der Waals surface area contributed by atoms with Crippen molar-refractivity contribution in [1.82, 2.24) is 14.5 Å². The van der Waals surface area contributed by atoms with Gasteiger partial charge in [0.15, 0.2) is 17.3 Å². The first-order valence-corrected chi connectivity index (χ1v) is 9.73. The standard InChI is InChI=1S/C22H13Cl2F2N3O2/c1-11-4-2-6-16(27-11)21-28-19(22(30)31)20(12-8-9-15(25)14(24)10-12)29(21)17-7-3-5-13(23)18(17)26/h2-10H,1H3,(H,30,31). The van der Waals surface area contributed by atoms with E-state index < -0.39 is 17.6 Å². The van der Waals surface area contributed by atoms with E-state index in [9.17, 15) is 14.3 Å². The molecule has 0 atom stereocenters. The molecule has 0 fully saturated rings. The van der Waals surface area contributed by atoms with Gasteiger partial charge in [-0.1, -0.05) is 35.3 Å². The molecule has 0 bridgehead atoms. The van der Waals surface area contributed by atoms with Crippen LogP contribution >= 0.6 is 23.2 Å². The van der Waals surface area contributed by atoms with Crippen molar-refractivity contribution in [3.8, 4) is 28.5 Å². The van der Waals surface area contributed by atoms with Crippen LogP contribution in [0.3, 0.4) is 0 Å². The van der Waals surface area contributed by atoms with Crippen LogP contribution in [0.2, 0.25) is 10.0 Å². The third kappa shape index (κ3) is 3.78. The highest BCUT2D eigenvalue weighted by molar-refractivity contribution is 6.31. The maximum absolute atomic E-state index is 15.1. The zero-order valence-corrected chi connectivity index (χ0v) is 17.4. The Morgan fingerprint density at radius 1 is 1.00 bits per heavy atom. The van der Waals surface area contributed by atoms with Crippen molar-refractivity contribution in [2.45, 2.75) is 6.92 Å². The van der Waals surface area contributed by atoms with Crippen molar-refractivity contribution in [2.24, 2.45) is 0 Å². The number of carboxylic acids is 1. The van der Waals surface area contributed by atoms with Crippen LogP contribution in [0.15, 0.2) is 54.6 Å². The van der Waals surface area contributed by atoms with Crippen molar-refractivity contribution in [1.29, 1.82) is 0 Å². The van der Waals surface area contributed by atoms with E-state index in [1.807, 2.05) is 0 Å². The molecule has 2 heterocycles. The topological polar surface area (TPSA) is 68.0 Å². The molecule has 2 aromatic carbocycles. The average molecular weight is 460 g/mol. The Balaban J connectivity index is 2.15. The summed E-state index contributed by atoms with van der Waals surface area (Å²) in [4.78, 5) is 20.7. The number of nitrogens with zero attached hydrogens (tertiary/aromatic N) is 3. The first-order chi connectivity index (χ1) is 14.8. The normalized spacial score (nSPS) is 11.0. The molecule has 4 rings (SSSR count). The molecule has 0 saturated carbocycles. The smallest absolute Gasteiger partial charge is 0.356 e. The lowest BCUT2D eigenvalue weighted by atomic mass is 10.1. The van der Waals surface area contributed by atoms with Crippen LogP contribution in [0.25, 0.3) is 28.5 Å². The van der Waals surface area contributed by atoms with Gasteiger partial charge in [0.25, 0.3) is 0 Å². The van der Waals surface area contributed by atoms with Gasteiger partial charge in [0, 0.05) is 11.3 Å². The van der Waals surface area contributed by atoms with E-state index in [1.54, 1.807) is 25.1 Å². The SMILES string of the molecule is Cc1cccc(-c2nc(C(=O)O)c(-c3ccc(F)c(Cl)c3)n2-c2cccc(Cl)c2F)n1. The monoisotopic (exact) mass is 459 g/mol. The lowest BCUT2D eigenvalue weighted by Gasteiger charge is -2.14. The van der Waals surface area contributed by atoms with Gasteiger partial charge in [0.1, 0.15) is 11.5 Å². The Labute approximate surface area is 185 Å². The van der Waals surface area contributed by atoms with Crippen LogP contribution in [0.5, 0.6) is 0 Å². The van der Waals surface area contributed by atoms with E-state index in [-0.39, 0.29) is 38.5 Å². The summed E-state index contributed by atoms with van der Waals surface area (Å²) < 4.78 is 30.1. The summed E-state index contributed by atoms with van der Waals surface area (Å²) in [5, 5.41) is 9.46. The van der Waals surface area contributed by atoms with Crippen LogP contribution in [0.1, 0.15) is 16.2 Å². The van der Waals surface area contributed by atoms with E-state index in [2.05, 4.69) is 9.97 Å². The van der Waals surface area contributed by atoms with Gasteiger partial charge in [-0.2, -0.15) is 0 Å². The summed E-state index contributed by atoms with van der Waals surface area (Å²) in [5.41, 5.74) is 0.799. The van der Waals surface area contributed by atoms with E-state index >= 15 is 4.39 Å². The largest absolute Gasteiger partial charge is 0.476 e. The van der Waals surface area contributed by atoms with E-state index in [0.717, 1.165) is 6.07 Å². The second kappa shape index (κ2) is 8.09. The zero-order valence-electron chi connectivity index (χ0n) is 15.9. The van der Waals surface area contributed by atoms with Crippen LogP contribution in [-0.2, 0) is 0 Å². The quantitative estimate of drug-likeness (QED) is 0.394. The van der Waals surface area contributed by atoms with E-state index in [4.69, 9.17) is 23.2 Å². The van der Waals surface area contributed by atoms with Gasteiger partial charge in [0.2, 0.25) is 0 Å². The molecular formula is C22H13Cl2F2N3O2. The number of pyridine rings is 1. The molecule has 0 aliphatic rings. The van der Waals surface area contributed by atoms with Crippen molar-refractivity contribution in [2.75, 3.05) is 0 Å². The number of aromatic nitrogens is 3. The minimum atomic E-state index is -1.36. The number of benzene rings is 2. The van der Waals surface area contributed by atoms with Crippen molar-refractivity contribution in [3.05, 3.63) is 87.7 Å². The second-order valence-corrected chi connectivity index (χ2v) is 7.45. The minimum Gasteiger partial charge on any atom is -0.476 e. The summed E-state index contributed by atoms with van der Waals surface area (Å²) in [6, 6.07) is 13.1. The molecule has 0 unspecified atom stereocenters. The minimum absolute atomic E-state index is 0.00822. The summed E-state index contributed by atoms with van der Waals surface area (Å²) in [6.45, 7) is 1.76. The number of aryl methyl sites for hydroxylation is 1. The van der Waals surface area contributed by atoms with Gasteiger partial charge in [-0.25, -0.2) is 23.5 Å². The molecule has 5 nitrogen and oxygen atoms in total. The Hall–Kier alpha value is -3.29. The van der Waals surface area contributed by atoms with Gasteiger partial charge >= 0.3 is 5.97 Å². The maximum atomic E-state index is 15.1. The van der Waals surface area contributed by atoms with E-state index in [1.165, 1.54) is 34.9 Å². The summed E-state index contributed by atoms with van der Waals surface area (Å²) in [7, 11) is 0. The number of hydrogen-bond donors (Lipinski definition) is 1. The summed E-state index contributed by atoms with van der Waals surface area (Å²) in [6.07, 6.45) is 0. The Kier molecular flexibility index (Phi) is 5.47. The molecule has 1 N–H and O–H groups in total. The molecule has 0 radical (unpaired) electrons. The van der Waals surface area contributed by atoms with Crippen molar-refractivity contribution >= 4 is 29.2 Å². The number of rotatable bonds is 4. The lowest BCUT2D eigenvalue weighted by molar-refractivity contribution is 0.0692.